The van der Waals surface area contributed by atoms with Crippen LogP contribution >= 0.6 is 27.3 Å². The van der Waals surface area contributed by atoms with E-state index in [4.69, 9.17) is 5.11 Å². The van der Waals surface area contributed by atoms with Gasteiger partial charge in [0, 0.05) is 4.88 Å². The summed E-state index contributed by atoms with van der Waals surface area (Å²) in [5, 5.41) is 8.92. The van der Waals surface area contributed by atoms with E-state index in [2.05, 4.69) is 20.7 Å². The van der Waals surface area contributed by atoms with E-state index in [1.807, 2.05) is 0 Å². The Morgan fingerprint density at radius 2 is 2.05 bits per heavy atom. The van der Waals surface area contributed by atoms with Gasteiger partial charge >= 0.3 is 0 Å². The molecule has 4 nitrogen and oxygen atoms in total. The number of sulfonamides is 1. The minimum atomic E-state index is -3.72. The molecule has 0 saturated carbocycles. The number of benzene rings is 1. The largest absolute Gasteiger partial charge is 0.391 e. The van der Waals surface area contributed by atoms with Gasteiger partial charge in [0.1, 0.15) is 10.0 Å². The second kappa shape index (κ2) is 5.58. The van der Waals surface area contributed by atoms with Gasteiger partial charge in [-0.15, -0.1) is 11.3 Å². The molecule has 2 rings (SSSR count). The fraction of sp³-hybridized carbons (Fsp3) is 0.0909. The van der Waals surface area contributed by atoms with E-state index in [1.54, 1.807) is 6.07 Å². The predicted molar refractivity (Wildman–Crippen MR) is 75.2 cm³/mol. The van der Waals surface area contributed by atoms with E-state index in [1.165, 1.54) is 18.2 Å². The van der Waals surface area contributed by atoms with E-state index in [0.717, 1.165) is 17.4 Å². The zero-order chi connectivity index (χ0) is 14.0. The summed E-state index contributed by atoms with van der Waals surface area (Å²) in [5.74, 6) is -0.471. The first-order valence-corrected chi connectivity index (χ1v) is 8.19. The van der Waals surface area contributed by atoms with Crippen molar-refractivity contribution < 1.29 is 17.9 Å². The van der Waals surface area contributed by atoms with Crippen LogP contribution in [-0.2, 0) is 16.6 Å². The highest BCUT2D eigenvalue weighted by Crippen LogP contribution is 2.26. The Morgan fingerprint density at radius 3 is 2.63 bits per heavy atom. The van der Waals surface area contributed by atoms with Crippen molar-refractivity contribution in [2.45, 2.75) is 10.8 Å². The van der Waals surface area contributed by atoms with Gasteiger partial charge in [0.25, 0.3) is 10.0 Å². The van der Waals surface area contributed by atoms with Crippen molar-refractivity contribution in [1.82, 2.24) is 0 Å². The van der Waals surface area contributed by atoms with Gasteiger partial charge in [-0.2, -0.15) is 0 Å². The quantitative estimate of drug-likeness (QED) is 0.875. The van der Waals surface area contributed by atoms with Crippen LogP contribution in [0.15, 0.2) is 39.0 Å². The summed E-state index contributed by atoms with van der Waals surface area (Å²) < 4.78 is 39.7. The molecule has 102 valence electrons. The Bertz CT molecular complexity index is 700. The van der Waals surface area contributed by atoms with Crippen LogP contribution in [-0.4, -0.2) is 13.5 Å². The third kappa shape index (κ3) is 3.33. The van der Waals surface area contributed by atoms with Crippen LogP contribution < -0.4 is 4.72 Å². The molecule has 0 aliphatic rings. The molecular weight excluding hydrogens is 357 g/mol. The molecule has 0 fully saturated rings. The molecule has 1 heterocycles. The highest BCUT2D eigenvalue weighted by Gasteiger charge is 2.17. The number of aliphatic hydroxyl groups excluding tert-OH is 1. The molecule has 19 heavy (non-hydrogen) atoms. The molecule has 0 bridgehead atoms. The Balaban J connectivity index is 2.28. The molecule has 8 heteroatoms. The van der Waals surface area contributed by atoms with Crippen LogP contribution in [0.1, 0.15) is 4.88 Å². The lowest BCUT2D eigenvalue weighted by atomic mass is 10.3. The number of hydrogen-bond acceptors (Lipinski definition) is 4. The van der Waals surface area contributed by atoms with Gasteiger partial charge in [-0.3, -0.25) is 4.72 Å². The number of hydrogen-bond donors (Lipinski definition) is 2. The van der Waals surface area contributed by atoms with Crippen LogP contribution in [0.4, 0.5) is 10.1 Å². The monoisotopic (exact) mass is 365 g/mol. The third-order valence-electron chi connectivity index (χ3n) is 2.23. The van der Waals surface area contributed by atoms with Crippen LogP contribution in [0.25, 0.3) is 0 Å². The van der Waals surface area contributed by atoms with Crippen LogP contribution in [0, 0.1) is 5.82 Å². The lowest BCUT2D eigenvalue weighted by Gasteiger charge is -2.06. The number of anilines is 1. The normalized spacial score (nSPS) is 11.5. The number of aliphatic hydroxyl groups is 1. The molecular formula is C11H9BrFNO3S2. The van der Waals surface area contributed by atoms with Gasteiger partial charge in [-0.1, -0.05) is 0 Å². The van der Waals surface area contributed by atoms with Crippen LogP contribution in [0.2, 0.25) is 0 Å². The average Bonchev–Trinajstić information content (AvgIpc) is 2.83. The van der Waals surface area contributed by atoms with E-state index < -0.39 is 15.8 Å². The maximum atomic E-state index is 13.1. The first kappa shape index (κ1) is 14.4. The van der Waals surface area contributed by atoms with Gasteiger partial charge in [-0.25, -0.2) is 12.8 Å². The molecule has 0 saturated heterocycles. The van der Waals surface area contributed by atoms with E-state index >= 15 is 0 Å². The van der Waals surface area contributed by atoms with Gasteiger partial charge < -0.3 is 5.11 Å². The first-order valence-electron chi connectivity index (χ1n) is 5.10. The maximum absolute atomic E-state index is 13.1. The van der Waals surface area contributed by atoms with E-state index in [-0.39, 0.29) is 21.0 Å². The van der Waals surface area contributed by atoms with Gasteiger partial charge in [0.05, 0.1) is 16.8 Å². The smallest absolute Gasteiger partial charge is 0.271 e. The second-order valence-corrected chi connectivity index (χ2v) is 7.55. The Hall–Kier alpha value is -0.960. The molecule has 0 unspecified atom stereocenters. The molecule has 0 amide bonds. The van der Waals surface area contributed by atoms with Crippen molar-refractivity contribution in [3.8, 4) is 0 Å². The Morgan fingerprint density at radius 1 is 1.32 bits per heavy atom. The molecule has 0 spiro atoms. The minimum Gasteiger partial charge on any atom is -0.391 e. The van der Waals surface area contributed by atoms with Gasteiger partial charge in [-0.05, 0) is 46.3 Å². The molecule has 1 aromatic heterocycles. The summed E-state index contributed by atoms with van der Waals surface area (Å²) in [4.78, 5) is 0.556. The van der Waals surface area contributed by atoms with Gasteiger partial charge in [0.15, 0.2) is 0 Å². The van der Waals surface area contributed by atoms with Crippen molar-refractivity contribution in [2.75, 3.05) is 4.72 Å². The minimum absolute atomic E-state index is 0.0944. The standard InChI is InChI=1S/C11H9BrFNO3S2/c12-9-5-7(1-3-10(9)13)14-19(16,17)11-4-2-8(6-15)18-11/h1-5,14-15H,6H2. The van der Waals surface area contributed by atoms with Crippen molar-refractivity contribution in [3.05, 3.63) is 45.5 Å². The van der Waals surface area contributed by atoms with Crippen molar-refractivity contribution >= 4 is 43.0 Å². The van der Waals surface area contributed by atoms with Crippen LogP contribution in [0.3, 0.4) is 0 Å². The SMILES string of the molecule is O=S(=O)(Nc1ccc(F)c(Br)c1)c1ccc(CO)s1. The summed E-state index contributed by atoms with van der Waals surface area (Å²) >= 11 is 3.97. The molecule has 0 aliphatic carbocycles. The Labute approximate surface area is 122 Å². The average molecular weight is 366 g/mol. The summed E-state index contributed by atoms with van der Waals surface area (Å²) in [6.45, 7) is -0.206. The highest BCUT2D eigenvalue weighted by atomic mass is 79.9. The molecule has 0 radical (unpaired) electrons. The summed E-state index contributed by atoms with van der Waals surface area (Å²) in [7, 11) is -3.72. The summed E-state index contributed by atoms with van der Waals surface area (Å²) in [5.41, 5.74) is 0.257. The fourth-order valence-corrected chi connectivity index (χ4v) is 4.00. The Kier molecular flexibility index (Phi) is 4.24. The van der Waals surface area contributed by atoms with Crippen molar-refractivity contribution in [3.63, 3.8) is 0 Å². The molecule has 1 aromatic carbocycles. The van der Waals surface area contributed by atoms with Crippen molar-refractivity contribution in [1.29, 1.82) is 0 Å². The summed E-state index contributed by atoms with van der Waals surface area (Å²) in [6, 6.07) is 6.79. The molecule has 0 atom stereocenters. The number of thiophene rings is 1. The topological polar surface area (TPSA) is 66.4 Å². The number of nitrogens with one attached hydrogen (secondary N) is 1. The first-order chi connectivity index (χ1) is 8.92. The van der Waals surface area contributed by atoms with E-state index in [0.29, 0.717) is 4.88 Å². The number of halogens is 2. The summed E-state index contributed by atoms with van der Waals surface area (Å²) in [6.07, 6.45) is 0. The maximum Gasteiger partial charge on any atom is 0.271 e. The zero-order valence-electron chi connectivity index (χ0n) is 9.43. The number of rotatable bonds is 4. The fourth-order valence-electron chi connectivity index (χ4n) is 1.35. The van der Waals surface area contributed by atoms with Crippen LogP contribution in [0.5, 0.6) is 0 Å². The second-order valence-electron chi connectivity index (χ2n) is 3.61. The zero-order valence-corrected chi connectivity index (χ0v) is 12.6. The predicted octanol–water partition coefficient (Wildman–Crippen LogP) is 2.94. The molecule has 2 aromatic rings. The molecule has 2 N–H and O–H groups in total. The van der Waals surface area contributed by atoms with Gasteiger partial charge in [0.2, 0.25) is 0 Å². The third-order valence-corrected chi connectivity index (χ3v) is 5.78. The molecule has 0 aliphatic heterocycles. The van der Waals surface area contributed by atoms with Crippen molar-refractivity contribution in [2.24, 2.45) is 0 Å². The lowest BCUT2D eigenvalue weighted by molar-refractivity contribution is 0.285. The van der Waals surface area contributed by atoms with E-state index in [9.17, 15) is 12.8 Å². The highest BCUT2D eigenvalue weighted by molar-refractivity contribution is 9.10. The lowest BCUT2D eigenvalue weighted by Crippen LogP contribution is -2.11.